The summed E-state index contributed by atoms with van der Waals surface area (Å²) in [4.78, 5) is 16.3. The zero-order chi connectivity index (χ0) is 17.1. The van der Waals surface area contributed by atoms with Gasteiger partial charge >= 0.3 is 6.09 Å². The summed E-state index contributed by atoms with van der Waals surface area (Å²) < 4.78 is 4.99. The fourth-order valence-electron chi connectivity index (χ4n) is 2.47. The van der Waals surface area contributed by atoms with Crippen molar-refractivity contribution < 1.29 is 9.53 Å². The van der Waals surface area contributed by atoms with E-state index < -0.39 is 0 Å². The summed E-state index contributed by atoms with van der Waals surface area (Å²) in [5, 5.41) is 9.59. The molecule has 1 rings (SSSR count). The highest BCUT2D eigenvalue weighted by molar-refractivity contribution is 14.0. The second-order valence-corrected chi connectivity index (χ2v) is 6.09. The van der Waals surface area contributed by atoms with Gasteiger partial charge in [0.2, 0.25) is 0 Å². The smallest absolute Gasteiger partial charge is 0.407 e. The van der Waals surface area contributed by atoms with E-state index in [0.29, 0.717) is 25.0 Å². The van der Waals surface area contributed by atoms with E-state index in [0.717, 1.165) is 31.9 Å². The second kappa shape index (κ2) is 13.5. The molecule has 6 nitrogen and oxygen atoms in total. The Morgan fingerprint density at radius 2 is 1.83 bits per heavy atom. The van der Waals surface area contributed by atoms with Crippen LogP contribution in [0.5, 0.6) is 0 Å². The molecule has 1 unspecified atom stereocenters. The average molecular weight is 454 g/mol. The Morgan fingerprint density at radius 3 is 2.33 bits per heavy atom. The SMILES string of the molecule is CCNC(=NCC(CC)CC)NCC(NC(=O)OCC)C1CC1.I. The molecule has 1 aliphatic rings. The molecular formula is C17H35IN4O2. The number of nitrogens with one attached hydrogen (secondary N) is 3. The Hall–Kier alpha value is -0.730. The minimum Gasteiger partial charge on any atom is -0.450 e. The van der Waals surface area contributed by atoms with E-state index in [9.17, 15) is 4.79 Å². The van der Waals surface area contributed by atoms with Gasteiger partial charge in [-0.05, 0) is 38.5 Å². The molecule has 1 saturated carbocycles. The Morgan fingerprint density at radius 1 is 1.17 bits per heavy atom. The molecule has 0 aromatic rings. The lowest BCUT2D eigenvalue weighted by molar-refractivity contribution is 0.146. The molecule has 0 aromatic heterocycles. The summed E-state index contributed by atoms with van der Waals surface area (Å²) in [6.07, 6.45) is 4.30. The first-order chi connectivity index (χ1) is 11.1. The first kappa shape index (κ1) is 23.3. The first-order valence-electron chi connectivity index (χ1n) is 9.09. The zero-order valence-corrected chi connectivity index (χ0v) is 17.9. The van der Waals surface area contributed by atoms with Gasteiger partial charge in [0.15, 0.2) is 5.96 Å². The topological polar surface area (TPSA) is 74.8 Å². The lowest BCUT2D eigenvalue weighted by Gasteiger charge is -2.20. The number of alkyl carbamates (subject to hydrolysis) is 1. The summed E-state index contributed by atoms with van der Waals surface area (Å²) in [6, 6.07) is 0.103. The number of aliphatic imine (C=N–C) groups is 1. The van der Waals surface area contributed by atoms with Gasteiger partial charge in [0.1, 0.15) is 0 Å². The fraction of sp³-hybridized carbons (Fsp3) is 0.882. The predicted octanol–water partition coefficient (Wildman–Crippen LogP) is 3.12. The molecule has 3 N–H and O–H groups in total. The maximum absolute atomic E-state index is 11.6. The summed E-state index contributed by atoms with van der Waals surface area (Å²) in [5.74, 6) is 2.01. The quantitative estimate of drug-likeness (QED) is 0.270. The molecule has 7 heteroatoms. The molecular weight excluding hydrogens is 419 g/mol. The van der Waals surface area contributed by atoms with Gasteiger partial charge in [-0.3, -0.25) is 4.99 Å². The van der Waals surface area contributed by atoms with Crippen LogP contribution >= 0.6 is 24.0 Å². The van der Waals surface area contributed by atoms with Crippen molar-refractivity contribution in [1.29, 1.82) is 0 Å². The van der Waals surface area contributed by atoms with Crippen molar-refractivity contribution in [2.45, 2.75) is 59.4 Å². The van der Waals surface area contributed by atoms with Crippen LogP contribution in [0.1, 0.15) is 53.4 Å². The summed E-state index contributed by atoms with van der Waals surface area (Å²) in [5.41, 5.74) is 0. The molecule has 0 saturated heterocycles. The Labute approximate surface area is 164 Å². The van der Waals surface area contributed by atoms with Gasteiger partial charge in [0, 0.05) is 19.6 Å². The fourth-order valence-corrected chi connectivity index (χ4v) is 2.47. The third-order valence-electron chi connectivity index (χ3n) is 4.27. The number of amides is 1. The monoisotopic (exact) mass is 454 g/mol. The lowest BCUT2D eigenvalue weighted by atomic mass is 10.0. The van der Waals surface area contributed by atoms with Crippen molar-refractivity contribution in [1.82, 2.24) is 16.0 Å². The van der Waals surface area contributed by atoms with Gasteiger partial charge in [-0.1, -0.05) is 26.7 Å². The Balaban J connectivity index is 0.00000529. The van der Waals surface area contributed by atoms with Gasteiger partial charge in [-0.15, -0.1) is 24.0 Å². The summed E-state index contributed by atoms with van der Waals surface area (Å²) in [6.45, 7) is 11.0. The zero-order valence-electron chi connectivity index (χ0n) is 15.6. The molecule has 1 fully saturated rings. The summed E-state index contributed by atoms with van der Waals surface area (Å²) >= 11 is 0. The van der Waals surface area contributed by atoms with Gasteiger partial charge in [0.25, 0.3) is 0 Å². The van der Waals surface area contributed by atoms with Crippen molar-refractivity contribution >= 4 is 36.0 Å². The molecule has 0 spiro atoms. The van der Waals surface area contributed by atoms with E-state index in [4.69, 9.17) is 4.74 Å². The van der Waals surface area contributed by atoms with Crippen molar-refractivity contribution in [3.05, 3.63) is 0 Å². The van der Waals surface area contributed by atoms with Crippen LogP contribution in [0.3, 0.4) is 0 Å². The van der Waals surface area contributed by atoms with E-state index >= 15 is 0 Å². The van der Waals surface area contributed by atoms with E-state index in [1.165, 1.54) is 12.8 Å². The van der Waals surface area contributed by atoms with Crippen molar-refractivity contribution in [2.75, 3.05) is 26.2 Å². The molecule has 24 heavy (non-hydrogen) atoms. The van der Waals surface area contributed by atoms with Crippen LogP contribution in [0.25, 0.3) is 0 Å². The highest BCUT2D eigenvalue weighted by Gasteiger charge is 2.32. The van der Waals surface area contributed by atoms with Gasteiger partial charge in [-0.2, -0.15) is 0 Å². The van der Waals surface area contributed by atoms with E-state index in [1.807, 2.05) is 6.92 Å². The van der Waals surface area contributed by atoms with Gasteiger partial charge in [-0.25, -0.2) is 4.79 Å². The number of rotatable bonds is 10. The third-order valence-corrected chi connectivity index (χ3v) is 4.27. The van der Waals surface area contributed by atoms with Crippen molar-refractivity contribution in [2.24, 2.45) is 16.8 Å². The van der Waals surface area contributed by atoms with Gasteiger partial charge in [0.05, 0.1) is 12.6 Å². The number of carbonyl (C=O) groups is 1. The van der Waals surface area contributed by atoms with E-state index in [-0.39, 0.29) is 36.1 Å². The van der Waals surface area contributed by atoms with Crippen LogP contribution in [0.15, 0.2) is 4.99 Å². The molecule has 142 valence electrons. The largest absolute Gasteiger partial charge is 0.450 e. The predicted molar refractivity (Wildman–Crippen MR) is 110 cm³/mol. The Bertz CT molecular complexity index is 372. The number of nitrogens with zero attached hydrogens (tertiary/aromatic N) is 1. The second-order valence-electron chi connectivity index (χ2n) is 6.09. The number of carbonyl (C=O) groups excluding carboxylic acids is 1. The number of guanidine groups is 1. The van der Waals surface area contributed by atoms with Crippen LogP contribution in [0, 0.1) is 11.8 Å². The van der Waals surface area contributed by atoms with Crippen LogP contribution in [0.4, 0.5) is 4.79 Å². The minimum atomic E-state index is -0.329. The van der Waals surface area contributed by atoms with Crippen molar-refractivity contribution in [3.8, 4) is 0 Å². The number of ether oxygens (including phenoxy) is 1. The summed E-state index contributed by atoms with van der Waals surface area (Å²) in [7, 11) is 0. The van der Waals surface area contributed by atoms with E-state index in [2.05, 4.69) is 41.7 Å². The molecule has 0 heterocycles. The van der Waals surface area contributed by atoms with Gasteiger partial charge < -0.3 is 20.7 Å². The number of hydrogen-bond acceptors (Lipinski definition) is 3. The molecule has 0 radical (unpaired) electrons. The third kappa shape index (κ3) is 9.54. The van der Waals surface area contributed by atoms with Crippen molar-refractivity contribution in [3.63, 3.8) is 0 Å². The molecule has 0 aliphatic heterocycles. The minimum absolute atomic E-state index is 0. The maximum atomic E-state index is 11.6. The first-order valence-corrected chi connectivity index (χ1v) is 9.09. The normalized spacial score (nSPS) is 15.5. The van der Waals surface area contributed by atoms with Crippen LogP contribution < -0.4 is 16.0 Å². The maximum Gasteiger partial charge on any atom is 0.407 e. The molecule has 0 bridgehead atoms. The highest BCUT2D eigenvalue weighted by atomic mass is 127. The average Bonchev–Trinajstić information content (AvgIpc) is 3.37. The molecule has 0 aromatic carbocycles. The van der Waals surface area contributed by atoms with E-state index in [1.54, 1.807) is 0 Å². The molecule has 1 aliphatic carbocycles. The number of hydrogen-bond donors (Lipinski definition) is 3. The standard InChI is InChI=1S/C17H34N4O2.HI/c1-5-13(6-2)11-19-16(18-7-3)20-12-15(14-9-10-14)21-17(22)23-8-4;/h13-15H,5-12H2,1-4H3,(H,21,22)(H2,18,19,20);1H. The number of halogens is 1. The van der Waals surface area contributed by atoms with Crippen LogP contribution in [-0.2, 0) is 4.74 Å². The Kier molecular flexibility index (Phi) is 13.1. The molecule has 1 atom stereocenters. The lowest BCUT2D eigenvalue weighted by Crippen LogP contribution is -2.48. The van der Waals surface area contributed by atoms with Crippen LogP contribution in [-0.4, -0.2) is 44.3 Å². The van der Waals surface area contributed by atoms with Crippen LogP contribution in [0.2, 0.25) is 0 Å². The molecule has 1 amide bonds. The highest BCUT2D eigenvalue weighted by Crippen LogP contribution is 2.32.